The molecule has 2 atom stereocenters. The van der Waals surface area contributed by atoms with E-state index in [2.05, 4.69) is 0 Å². The fourth-order valence-corrected chi connectivity index (χ4v) is 2.41. The molecule has 0 aromatic heterocycles. The maximum absolute atomic E-state index is 12.0. The lowest BCUT2D eigenvalue weighted by Gasteiger charge is -2.15. The van der Waals surface area contributed by atoms with Crippen LogP contribution in [0.3, 0.4) is 0 Å². The SMILES string of the molecule is COC(=O)[C@]1(c2cccc(OC(C)=O)c2)C[C@H]1C(=O)O. The van der Waals surface area contributed by atoms with E-state index in [0.29, 0.717) is 5.56 Å². The molecular weight excluding hydrogens is 264 g/mol. The van der Waals surface area contributed by atoms with Crippen LogP contribution >= 0.6 is 0 Å². The van der Waals surface area contributed by atoms with Gasteiger partial charge in [0.05, 0.1) is 13.0 Å². The van der Waals surface area contributed by atoms with Gasteiger partial charge in [-0.25, -0.2) is 0 Å². The summed E-state index contributed by atoms with van der Waals surface area (Å²) in [6, 6.07) is 6.30. The van der Waals surface area contributed by atoms with Crippen molar-refractivity contribution in [2.75, 3.05) is 7.11 Å². The maximum atomic E-state index is 12.0. The molecule has 1 aliphatic carbocycles. The predicted molar refractivity (Wildman–Crippen MR) is 67.2 cm³/mol. The van der Waals surface area contributed by atoms with Crippen molar-refractivity contribution in [3.05, 3.63) is 29.8 Å². The van der Waals surface area contributed by atoms with E-state index in [9.17, 15) is 14.4 Å². The Bertz CT molecular complexity index is 579. The molecule has 1 aromatic carbocycles. The lowest BCUT2D eigenvalue weighted by Crippen LogP contribution is -2.27. The van der Waals surface area contributed by atoms with Gasteiger partial charge in [-0.1, -0.05) is 12.1 Å². The minimum atomic E-state index is -1.18. The number of carboxylic acid groups (broad SMARTS) is 1. The zero-order chi connectivity index (χ0) is 14.9. The molecule has 0 aliphatic heterocycles. The van der Waals surface area contributed by atoms with Crippen molar-refractivity contribution in [1.29, 1.82) is 0 Å². The van der Waals surface area contributed by atoms with Gasteiger partial charge in [-0.3, -0.25) is 14.4 Å². The molecule has 0 amide bonds. The number of aliphatic carboxylic acids is 1. The summed E-state index contributed by atoms with van der Waals surface area (Å²) in [6.07, 6.45) is 0.179. The minimum Gasteiger partial charge on any atom is -0.481 e. The first-order valence-corrected chi connectivity index (χ1v) is 6.02. The second kappa shape index (κ2) is 4.96. The van der Waals surface area contributed by atoms with Crippen molar-refractivity contribution in [2.45, 2.75) is 18.8 Å². The number of carboxylic acids is 1. The highest BCUT2D eigenvalue weighted by molar-refractivity contribution is 5.95. The summed E-state index contributed by atoms with van der Waals surface area (Å²) in [5, 5.41) is 9.12. The third-order valence-electron chi connectivity index (χ3n) is 3.42. The fraction of sp³-hybridized carbons (Fsp3) is 0.357. The number of rotatable bonds is 4. The fourth-order valence-electron chi connectivity index (χ4n) is 2.41. The van der Waals surface area contributed by atoms with Crippen LogP contribution in [0.25, 0.3) is 0 Å². The van der Waals surface area contributed by atoms with Crippen molar-refractivity contribution >= 4 is 17.9 Å². The van der Waals surface area contributed by atoms with Gasteiger partial charge in [0.25, 0.3) is 0 Å². The van der Waals surface area contributed by atoms with Gasteiger partial charge in [0, 0.05) is 6.92 Å². The smallest absolute Gasteiger partial charge is 0.317 e. The molecule has 0 spiro atoms. The molecule has 2 rings (SSSR count). The molecule has 6 heteroatoms. The maximum Gasteiger partial charge on any atom is 0.317 e. The first-order chi connectivity index (χ1) is 9.41. The second-order valence-electron chi connectivity index (χ2n) is 4.68. The van der Waals surface area contributed by atoms with Crippen molar-refractivity contribution in [1.82, 2.24) is 0 Å². The molecule has 20 heavy (non-hydrogen) atoms. The molecule has 1 saturated carbocycles. The summed E-state index contributed by atoms with van der Waals surface area (Å²) in [7, 11) is 1.22. The Morgan fingerprint density at radius 2 is 2.05 bits per heavy atom. The van der Waals surface area contributed by atoms with E-state index in [-0.39, 0.29) is 12.2 Å². The standard InChI is InChI=1S/C14H14O6/c1-8(15)20-10-5-3-4-9(6-10)14(13(18)19-2)7-11(14)12(16)17/h3-6,11H,7H2,1-2H3,(H,16,17)/t11-,14-/m0/s1. The second-order valence-corrected chi connectivity index (χ2v) is 4.68. The highest BCUT2D eigenvalue weighted by Gasteiger charge is 2.66. The molecule has 1 N–H and O–H groups in total. The van der Waals surface area contributed by atoms with E-state index in [4.69, 9.17) is 14.6 Å². The number of benzene rings is 1. The van der Waals surface area contributed by atoms with Crippen molar-refractivity contribution < 1.29 is 29.0 Å². The van der Waals surface area contributed by atoms with E-state index >= 15 is 0 Å². The first kappa shape index (κ1) is 14.0. The van der Waals surface area contributed by atoms with Crippen LogP contribution in [0.4, 0.5) is 0 Å². The highest BCUT2D eigenvalue weighted by atomic mass is 16.5. The monoisotopic (exact) mass is 278 g/mol. The molecule has 0 unspecified atom stereocenters. The van der Waals surface area contributed by atoms with Gasteiger partial charge in [0.15, 0.2) is 0 Å². The number of hydrogen-bond acceptors (Lipinski definition) is 5. The Morgan fingerprint density at radius 3 is 2.55 bits per heavy atom. The Hall–Kier alpha value is -2.37. The number of carbonyl (C=O) groups is 3. The van der Waals surface area contributed by atoms with E-state index in [1.54, 1.807) is 18.2 Å². The summed E-state index contributed by atoms with van der Waals surface area (Å²) in [5.74, 6) is -2.67. The summed E-state index contributed by atoms with van der Waals surface area (Å²) >= 11 is 0. The Morgan fingerprint density at radius 1 is 1.35 bits per heavy atom. The third-order valence-corrected chi connectivity index (χ3v) is 3.42. The van der Waals surface area contributed by atoms with Crippen molar-refractivity contribution in [3.8, 4) is 5.75 Å². The number of ether oxygens (including phenoxy) is 2. The molecule has 1 fully saturated rings. The largest absolute Gasteiger partial charge is 0.481 e. The number of methoxy groups -OCH3 is 1. The van der Waals surface area contributed by atoms with Gasteiger partial charge >= 0.3 is 17.9 Å². The Balaban J connectivity index is 2.39. The van der Waals surface area contributed by atoms with E-state index in [0.717, 1.165) is 0 Å². The Labute approximate surface area is 115 Å². The van der Waals surface area contributed by atoms with Gasteiger partial charge < -0.3 is 14.6 Å². The molecule has 0 bridgehead atoms. The number of hydrogen-bond donors (Lipinski definition) is 1. The zero-order valence-electron chi connectivity index (χ0n) is 11.1. The average molecular weight is 278 g/mol. The number of carbonyl (C=O) groups excluding carboxylic acids is 2. The van der Waals surface area contributed by atoms with Crippen LogP contribution < -0.4 is 4.74 Å². The van der Waals surface area contributed by atoms with Gasteiger partial charge in [0.2, 0.25) is 0 Å². The van der Waals surface area contributed by atoms with Crippen LogP contribution in [0.2, 0.25) is 0 Å². The van der Waals surface area contributed by atoms with Crippen molar-refractivity contribution in [2.24, 2.45) is 5.92 Å². The van der Waals surface area contributed by atoms with Crippen LogP contribution in [0.5, 0.6) is 5.75 Å². The van der Waals surface area contributed by atoms with E-state index in [1.807, 2.05) is 0 Å². The van der Waals surface area contributed by atoms with Crippen LogP contribution in [0, 0.1) is 5.92 Å². The van der Waals surface area contributed by atoms with Crippen molar-refractivity contribution in [3.63, 3.8) is 0 Å². The topological polar surface area (TPSA) is 89.9 Å². The minimum absolute atomic E-state index is 0.179. The summed E-state index contributed by atoms with van der Waals surface area (Å²) in [4.78, 5) is 34.0. The molecule has 106 valence electrons. The lowest BCUT2D eigenvalue weighted by molar-refractivity contribution is -0.148. The highest BCUT2D eigenvalue weighted by Crippen LogP contribution is 2.55. The normalized spacial score (nSPS) is 23.8. The molecule has 6 nitrogen and oxygen atoms in total. The summed E-state index contributed by atoms with van der Waals surface area (Å²) in [5.41, 5.74) is -0.702. The van der Waals surface area contributed by atoms with Crippen LogP contribution in [-0.4, -0.2) is 30.1 Å². The van der Waals surface area contributed by atoms with E-state index in [1.165, 1.54) is 20.1 Å². The molecule has 1 aromatic rings. The van der Waals surface area contributed by atoms with Crippen LogP contribution in [0.1, 0.15) is 18.9 Å². The third kappa shape index (κ3) is 2.24. The van der Waals surface area contributed by atoms with Gasteiger partial charge in [0.1, 0.15) is 11.2 Å². The average Bonchev–Trinajstić information content (AvgIpc) is 3.14. The Kier molecular flexibility index (Phi) is 3.48. The van der Waals surface area contributed by atoms with Crippen LogP contribution in [-0.2, 0) is 24.5 Å². The van der Waals surface area contributed by atoms with Gasteiger partial charge in [-0.15, -0.1) is 0 Å². The van der Waals surface area contributed by atoms with Gasteiger partial charge in [-0.2, -0.15) is 0 Å². The lowest BCUT2D eigenvalue weighted by atomic mass is 9.93. The molecule has 0 radical (unpaired) electrons. The number of esters is 2. The zero-order valence-corrected chi connectivity index (χ0v) is 11.1. The summed E-state index contributed by atoms with van der Waals surface area (Å²) in [6.45, 7) is 1.26. The molecule has 1 aliphatic rings. The van der Waals surface area contributed by atoms with E-state index < -0.39 is 29.2 Å². The molecule has 0 saturated heterocycles. The van der Waals surface area contributed by atoms with Gasteiger partial charge in [-0.05, 0) is 24.1 Å². The molecular formula is C14H14O6. The predicted octanol–water partition coefficient (Wildman–Crippen LogP) is 1.13. The summed E-state index contributed by atoms with van der Waals surface area (Å²) < 4.78 is 9.67. The molecule has 0 heterocycles. The quantitative estimate of drug-likeness (QED) is 0.656. The first-order valence-electron chi connectivity index (χ1n) is 6.02. The van der Waals surface area contributed by atoms with Crippen LogP contribution in [0.15, 0.2) is 24.3 Å².